The predicted octanol–water partition coefficient (Wildman–Crippen LogP) is 2.13. The summed E-state index contributed by atoms with van der Waals surface area (Å²) in [6, 6.07) is 0. The van der Waals surface area contributed by atoms with Crippen molar-refractivity contribution < 1.29 is 14.3 Å². The van der Waals surface area contributed by atoms with Crippen molar-refractivity contribution in [1.29, 1.82) is 0 Å². The molecular formula is C12H15NO3. The minimum Gasteiger partial charge on any atom is -0.426 e. The summed E-state index contributed by atoms with van der Waals surface area (Å²) in [6.45, 7) is 8.09. The minimum atomic E-state index is -0.435. The topological polar surface area (TPSA) is 56.3 Å². The molecule has 4 nitrogen and oxygen atoms in total. The van der Waals surface area contributed by atoms with Crippen LogP contribution in [0.15, 0.2) is 0 Å². The van der Waals surface area contributed by atoms with Gasteiger partial charge in [-0.25, -0.2) is 0 Å². The summed E-state index contributed by atoms with van der Waals surface area (Å²) in [5.74, 6) is -0.245. The number of carbonyl (C=O) groups is 2. The van der Waals surface area contributed by atoms with Gasteiger partial charge in [-0.3, -0.25) is 14.6 Å². The van der Waals surface area contributed by atoms with E-state index in [2.05, 4.69) is 4.98 Å². The number of Topliss-reactive ketones (excluding diaryl/α,β-unsaturated/α-hetero) is 1. The summed E-state index contributed by atoms with van der Waals surface area (Å²) in [5.41, 5.74) is 2.47. The average molecular weight is 221 g/mol. The maximum absolute atomic E-state index is 11.5. The van der Waals surface area contributed by atoms with Gasteiger partial charge in [0.05, 0.1) is 11.3 Å². The van der Waals surface area contributed by atoms with E-state index in [9.17, 15) is 9.59 Å². The van der Waals surface area contributed by atoms with E-state index in [-0.39, 0.29) is 5.78 Å². The van der Waals surface area contributed by atoms with Crippen molar-refractivity contribution in [3.8, 4) is 5.75 Å². The molecule has 1 heterocycles. The molecule has 0 aliphatic carbocycles. The monoisotopic (exact) mass is 221 g/mol. The summed E-state index contributed by atoms with van der Waals surface area (Å²) in [4.78, 5) is 26.8. The summed E-state index contributed by atoms with van der Waals surface area (Å²) >= 11 is 0. The van der Waals surface area contributed by atoms with Crippen LogP contribution in [-0.2, 0) is 4.79 Å². The number of nitrogens with zero attached hydrogens (tertiary/aromatic N) is 1. The molecule has 0 saturated heterocycles. The number of esters is 1. The van der Waals surface area contributed by atoms with Crippen molar-refractivity contribution in [2.75, 3.05) is 0 Å². The van der Waals surface area contributed by atoms with E-state index in [0.29, 0.717) is 17.0 Å². The third kappa shape index (κ3) is 2.27. The normalized spacial score (nSPS) is 10.1. The van der Waals surface area contributed by atoms with Crippen molar-refractivity contribution in [2.45, 2.75) is 34.6 Å². The van der Waals surface area contributed by atoms with Gasteiger partial charge in [0.25, 0.3) is 0 Å². The van der Waals surface area contributed by atoms with Crippen LogP contribution in [0.2, 0.25) is 0 Å². The van der Waals surface area contributed by atoms with Crippen LogP contribution < -0.4 is 4.74 Å². The van der Waals surface area contributed by atoms with E-state index < -0.39 is 5.97 Å². The number of ether oxygens (including phenoxy) is 1. The van der Waals surface area contributed by atoms with Crippen LogP contribution in [0.4, 0.5) is 0 Å². The first-order valence-corrected chi connectivity index (χ1v) is 5.01. The Bertz CT molecular complexity index is 464. The molecule has 0 N–H and O–H groups in total. The van der Waals surface area contributed by atoms with Crippen molar-refractivity contribution in [2.24, 2.45) is 0 Å². The highest BCUT2D eigenvalue weighted by Crippen LogP contribution is 2.28. The predicted molar refractivity (Wildman–Crippen MR) is 59.8 cm³/mol. The lowest BCUT2D eigenvalue weighted by Gasteiger charge is -2.13. The summed E-state index contributed by atoms with van der Waals surface area (Å²) in [5, 5.41) is 0. The zero-order valence-corrected chi connectivity index (χ0v) is 10.2. The maximum Gasteiger partial charge on any atom is 0.308 e. The Morgan fingerprint density at radius 3 is 2.06 bits per heavy atom. The lowest BCUT2D eigenvalue weighted by atomic mass is 10.0. The first-order chi connectivity index (χ1) is 7.34. The Balaban J connectivity index is 3.51. The van der Waals surface area contributed by atoms with Gasteiger partial charge in [0, 0.05) is 18.2 Å². The van der Waals surface area contributed by atoms with Gasteiger partial charge in [-0.05, 0) is 27.7 Å². The van der Waals surface area contributed by atoms with Crippen LogP contribution in [0.1, 0.15) is 41.2 Å². The van der Waals surface area contributed by atoms with Gasteiger partial charge in [-0.2, -0.15) is 0 Å². The van der Waals surface area contributed by atoms with Gasteiger partial charge in [0.1, 0.15) is 5.75 Å². The summed E-state index contributed by atoms with van der Waals surface area (Å²) < 4.78 is 5.10. The number of rotatable bonds is 2. The molecule has 0 fully saturated rings. The van der Waals surface area contributed by atoms with Crippen molar-refractivity contribution in [3.05, 3.63) is 22.5 Å². The van der Waals surface area contributed by atoms with Gasteiger partial charge >= 0.3 is 5.97 Å². The highest BCUT2D eigenvalue weighted by Gasteiger charge is 2.19. The number of aryl methyl sites for hydroxylation is 2. The van der Waals surface area contributed by atoms with Gasteiger partial charge in [-0.1, -0.05) is 0 Å². The molecule has 1 aromatic heterocycles. The molecule has 0 spiro atoms. The molecule has 4 heteroatoms. The van der Waals surface area contributed by atoms with Gasteiger partial charge < -0.3 is 4.74 Å². The van der Waals surface area contributed by atoms with Crippen LogP contribution in [-0.4, -0.2) is 16.7 Å². The standard InChI is InChI=1S/C12H15NO3/c1-6-7(2)13-8(3)11(9(4)14)12(6)16-10(5)15/h1-5H3. The van der Waals surface area contributed by atoms with Gasteiger partial charge in [0.2, 0.25) is 0 Å². The SMILES string of the molecule is CC(=O)Oc1c(C)c(C)nc(C)c1C(C)=O. The first kappa shape index (κ1) is 12.4. The number of aromatic nitrogens is 1. The zero-order chi connectivity index (χ0) is 12.5. The first-order valence-electron chi connectivity index (χ1n) is 5.01. The van der Waals surface area contributed by atoms with E-state index in [1.54, 1.807) is 13.8 Å². The number of pyridine rings is 1. The fraction of sp³-hybridized carbons (Fsp3) is 0.417. The van der Waals surface area contributed by atoms with Crippen molar-refractivity contribution in [1.82, 2.24) is 4.98 Å². The second-order valence-electron chi connectivity index (χ2n) is 3.76. The van der Waals surface area contributed by atoms with E-state index in [0.717, 1.165) is 11.3 Å². The van der Waals surface area contributed by atoms with Crippen molar-refractivity contribution >= 4 is 11.8 Å². The molecule has 0 aromatic carbocycles. The molecule has 0 amide bonds. The lowest BCUT2D eigenvalue weighted by molar-refractivity contribution is -0.131. The van der Waals surface area contributed by atoms with E-state index in [1.165, 1.54) is 13.8 Å². The van der Waals surface area contributed by atoms with Crippen LogP contribution in [0.5, 0.6) is 5.75 Å². The Morgan fingerprint density at radius 1 is 1.06 bits per heavy atom. The van der Waals surface area contributed by atoms with Crippen LogP contribution >= 0.6 is 0 Å². The molecule has 0 aliphatic rings. The number of carbonyl (C=O) groups excluding carboxylic acids is 2. The Morgan fingerprint density at radius 2 is 1.62 bits per heavy atom. The molecular weight excluding hydrogens is 206 g/mol. The zero-order valence-electron chi connectivity index (χ0n) is 10.2. The van der Waals surface area contributed by atoms with Crippen molar-refractivity contribution in [3.63, 3.8) is 0 Å². The highest BCUT2D eigenvalue weighted by molar-refractivity contribution is 5.99. The Hall–Kier alpha value is -1.71. The third-order valence-electron chi connectivity index (χ3n) is 2.41. The van der Waals surface area contributed by atoms with Gasteiger partial charge in [0.15, 0.2) is 5.78 Å². The molecule has 1 rings (SSSR count). The van der Waals surface area contributed by atoms with E-state index in [1.807, 2.05) is 6.92 Å². The quantitative estimate of drug-likeness (QED) is 0.567. The summed E-state index contributed by atoms with van der Waals surface area (Å²) in [7, 11) is 0. The number of hydrogen-bond acceptors (Lipinski definition) is 4. The van der Waals surface area contributed by atoms with E-state index in [4.69, 9.17) is 4.74 Å². The largest absolute Gasteiger partial charge is 0.426 e. The number of ketones is 1. The van der Waals surface area contributed by atoms with Crippen LogP contribution in [0, 0.1) is 20.8 Å². The molecule has 0 saturated carbocycles. The van der Waals surface area contributed by atoms with Crippen LogP contribution in [0.3, 0.4) is 0 Å². The molecule has 0 unspecified atom stereocenters. The Kier molecular flexibility index (Phi) is 3.42. The highest BCUT2D eigenvalue weighted by atomic mass is 16.5. The van der Waals surface area contributed by atoms with Gasteiger partial charge in [-0.15, -0.1) is 0 Å². The molecule has 86 valence electrons. The summed E-state index contributed by atoms with van der Waals surface area (Å²) in [6.07, 6.45) is 0. The maximum atomic E-state index is 11.5. The Labute approximate surface area is 94.6 Å². The fourth-order valence-corrected chi connectivity index (χ4v) is 1.59. The number of hydrogen-bond donors (Lipinski definition) is 0. The molecule has 0 atom stereocenters. The molecule has 16 heavy (non-hydrogen) atoms. The molecule has 0 bridgehead atoms. The smallest absolute Gasteiger partial charge is 0.308 e. The average Bonchev–Trinajstić information content (AvgIpc) is 2.12. The molecule has 0 aliphatic heterocycles. The van der Waals surface area contributed by atoms with E-state index >= 15 is 0 Å². The van der Waals surface area contributed by atoms with Crippen LogP contribution in [0.25, 0.3) is 0 Å². The second-order valence-corrected chi connectivity index (χ2v) is 3.76. The second kappa shape index (κ2) is 4.43. The lowest BCUT2D eigenvalue weighted by Crippen LogP contribution is -2.11. The fourth-order valence-electron chi connectivity index (χ4n) is 1.59. The molecule has 1 aromatic rings. The third-order valence-corrected chi connectivity index (χ3v) is 2.41. The molecule has 0 radical (unpaired) electrons. The minimum absolute atomic E-state index is 0.149.